The average molecular weight is 294 g/mol. The minimum absolute atomic E-state index is 0.126. The summed E-state index contributed by atoms with van der Waals surface area (Å²) in [6, 6.07) is 6.43. The van der Waals surface area contributed by atoms with Crippen LogP contribution in [0.2, 0.25) is 0 Å². The summed E-state index contributed by atoms with van der Waals surface area (Å²) in [6.45, 7) is 4.74. The summed E-state index contributed by atoms with van der Waals surface area (Å²) in [6.07, 6.45) is 1.77. The van der Waals surface area contributed by atoms with Gasteiger partial charge in [0.2, 0.25) is 0 Å². The van der Waals surface area contributed by atoms with Gasteiger partial charge in [-0.05, 0) is 40.9 Å². The standard InChI is InChI=1S/C13H16BrN3/c1-8-3-4-9(2)10(5-8)11(6-15)13-16-7-12(14)17-13/h3-5,7,11H,6,15H2,1-2H3,(H,16,17). The summed E-state index contributed by atoms with van der Waals surface area (Å²) in [5.74, 6) is 1.04. The van der Waals surface area contributed by atoms with E-state index >= 15 is 0 Å². The van der Waals surface area contributed by atoms with Crippen LogP contribution < -0.4 is 5.73 Å². The van der Waals surface area contributed by atoms with Crippen LogP contribution in [-0.2, 0) is 0 Å². The lowest BCUT2D eigenvalue weighted by Gasteiger charge is -2.16. The van der Waals surface area contributed by atoms with Crippen molar-refractivity contribution in [1.82, 2.24) is 9.97 Å². The van der Waals surface area contributed by atoms with Crippen molar-refractivity contribution >= 4 is 15.9 Å². The summed E-state index contributed by atoms with van der Waals surface area (Å²) in [4.78, 5) is 7.55. The van der Waals surface area contributed by atoms with Crippen LogP contribution in [0.4, 0.5) is 0 Å². The fraction of sp³-hybridized carbons (Fsp3) is 0.308. The van der Waals surface area contributed by atoms with E-state index in [-0.39, 0.29) is 5.92 Å². The molecular weight excluding hydrogens is 278 g/mol. The molecule has 0 aliphatic heterocycles. The van der Waals surface area contributed by atoms with Crippen molar-refractivity contribution in [3.05, 3.63) is 51.5 Å². The largest absolute Gasteiger partial charge is 0.336 e. The van der Waals surface area contributed by atoms with Gasteiger partial charge in [-0.15, -0.1) is 0 Å². The Bertz CT molecular complexity index is 519. The van der Waals surface area contributed by atoms with Crippen molar-refractivity contribution in [2.75, 3.05) is 6.54 Å². The number of aromatic amines is 1. The van der Waals surface area contributed by atoms with Crippen molar-refractivity contribution in [3.8, 4) is 0 Å². The first-order chi connectivity index (χ1) is 8.11. The first-order valence-corrected chi connectivity index (χ1v) is 6.38. The molecule has 0 aliphatic carbocycles. The van der Waals surface area contributed by atoms with Gasteiger partial charge in [-0.25, -0.2) is 4.98 Å². The highest BCUT2D eigenvalue weighted by Gasteiger charge is 2.17. The van der Waals surface area contributed by atoms with E-state index in [1.165, 1.54) is 16.7 Å². The number of nitrogens with one attached hydrogen (secondary N) is 1. The molecule has 0 saturated carbocycles. The molecule has 0 spiro atoms. The molecule has 3 nitrogen and oxygen atoms in total. The lowest BCUT2D eigenvalue weighted by molar-refractivity contribution is 0.758. The number of hydrogen-bond donors (Lipinski definition) is 2. The van der Waals surface area contributed by atoms with E-state index in [0.717, 1.165) is 10.4 Å². The van der Waals surface area contributed by atoms with E-state index in [1.54, 1.807) is 6.20 Å². The molecule has 90 valence electrons. The van der Waals surface area contributed by atoms with Gasteiger partial charge in [-0.2, -0.15) is 0 Å². The maximum atomic E-state index is 5.89. The van der Waals surface area contributed by atoms with Gasteiger partial charge in [0.1, 0.15) is 10.4 Å². The average Bonchev–Trinajstić information content (AvgIpc) is 2.71. The van der Waals surface area contributed by atoms with Crippen molar-refractivity contribution in [1.29, 1.82) is 0 Å². The van der Waals surface area contributed by atoms with Crippen LogP contribution in [0.15, 0.2) is 29.0 Å². The Morgan fingerprint density at radius 3 is 2.76 bits per heavy atom. The number of aromatic nitrogens is 2. The number of H-pyrrole nitrogens is 1. The molecule has 1 aromatic carbocycles. The zero-order valence-corrected chi connectivity index (χ0v) is 11.6. The maximum Gasteiger partial charge on any atom is 0.115 e. The van der Waals surface area contributed by atoms with Gasteiger partial charge in [0.15, 0.2) is 0 Å². The Morgan fingerprint density at radius 2 is 2.18 bits per heavy atom. The lowest BCUT2D eigenvalue weighted by Crippen LogP contribution is -2.16. The van der Waals surface area contributed by atoms with E-state index in [9.17, 15) is 0 Å². The van der Waals surface area contributed by atoms with Gasteiger partial charge in [0.25, 0.3) is 0 Å². The van der Waals surface area contributed by atoms with Gasteiger partial charge >= 0.3 is 0 Å². The summed E-state index contributed by atoms with van der Waals surface area (Å²) in [5.41, 5.74) is 9.63. The van der Waals surface area contributed by atoms with Crippen LogP contribution >= 0.6 is 15.9 Å². The number of halogens is 1. The van der Waals surface area contributed by atoms with Crippen LogP contribution in [0.3, 0.4) is 0 Å². The molecular formula is C13H16BrN3. The molecule has 0 bridgehead atoms. The maximum absolute atomic E-state index is 5.89. The van der Waals surface area contributed by atoms with Crippen LogP contribution in [0, 0.1) is 13.8 Å². The van der Waals surface area contributed by atoms with Crippen LogP contribution in [0.25, 0.3) is 0 Å². The summed E-state index contributed by atoms with van der Waals surface area (Å²) < 4.78 is 0.885. The normalized spacial score (nSPS) is 12.7. The first-order valence-electron chi connectivity index (χ1n) is 5.59. The number of benzene rings is 1. The van der Waals surface area contributed by atoms with Gasteiger partial charge < -0.3 is 10.7 Å². The highest BCUT2D eigenvalue weighted by atomic mass is 79.9. The number of hydrogen-bond acceptors (Lipinski definition) is 2. The van der Waals surface area contributed by atoms with Gasteiger partial charge in [-0.3, -0.25) is 0 Å². The third-order valence-electron chi connectivity index (χ3n) is 2.94. The molecule has 0 saturated heterocycles. The predicted octanol–water partition coefficient (Wildman–Crippen LogP) is 2.88. The van der Waals surface area contributed by atoms with Gasteiger partial charge in [0.05, 0.1) is 12.1 Å². The van der Waals surface area contributed by atoms with E-state index in [1.807, 2.05) is 0 Å². The second-order valence-corrected chi connectivity index (χ2v) is 5.12. The quantitative estimate of drug-likeness (QED) is 0.914. The third kappa shape index (κ3) is 2.58. The van der Waals surface area contributed by atoms with Crippen molar-refractivity contribution in [2.24, 2.45) is 5.73 Å². The highest BCUT2D eigenvalue weighted by molar-refractivity contribution is 9.10. The monoisotopic (exact) mass is 293 g/mol. The van der Waals surface area contributed by atoms with E-state index < -0.39 is 0 Å². The second kappa shape index (κ2) is 5.02. The molecule has 0 radical (unpaired) electrons. The smallest absolute Gasteiger partial charge is 0.115 e. The van der Waals surface area contributed by atoms with E-state index in [4.69, 9.17) is 5.73 Å². The zero-order valence-electron chi connectivity index (χ0n) is 10.00. The fourth-order valence-electron chi connectivity index (χ4n) is 2.01. The molecule has 4 heteroatoms. The molecule has 0 amide bonds. The van der Waals surface area contributed by atoms with Crippen molar-refractivity contribution in [2.45, 2.75) is 19.8 Å². The van der Waals surface area contributed by atoms with Crippen LogP contribution in [-0.4, -0.2) is 16.5 Å². The third-order valence-corrected chi connectivity index (χ3v) is 3.34. The molecule has 1 atom stereocenters. The van der Waals surface area contributed by atoms with E-state index in [2.05, 4.69) is 57.9 Å². The summed E-state index contributed by atoms with van der Waals surface area (Å²) >= 11 is 3.38. The Labute approximate surface area is 110 Å². The number of rotatable bonds is 3. The minimum Gasteiger partial charge on any atom is -0.336 e. The molecule has 0 aliphatic rings. The zero-order chi connectivity index (χ0) is 12.4. The summed E-state index contributed by atoms with van der Waals surface area (Å²) in [7, 11) is 0. The van der Waals surface area contributed by atoms with Crippen LogP contribution in [0.1, 0.15) is 28.4 Å². The van der Waals surface area contributed by atoms with E-state index in [0.29, 0.717) is 6.54 Å². The predicted molar refractivity (Wildman–Crippen MR) is 73.1 cm³/mol. The first kappa shape index (κ1) is 12.3. The lowest BCUT2D eigenvalue weighted by atomic mass is 9.93. The molecule has 1 heterocycles. The molecule has 2 rings (SSSR count). The highest BCUT2D eigenvalue weighted by Crippen LogP contribution is 2.26. The number of nitrogens with zero attached hydrogens (tertiary/aromatic N) is 1. The second-order valence-electron chi connectivity index (χ2n) is 4.26. The van der Waals surface area contributed by atoms with Crippen molar-refractivity contribution < 1.29 is 0 Å². The molecule has 2 aromatic rings. The minimum atomic E-state index is 0.126. The van der Waals surface area contributed by atoms with Gasteiger partial charge in [-0.1, -0.05) is 23.8 Å². The Balaban J connectivity index is 2.45. The summed E-state index contributed by atoms with van der Waals surface area (Å²) in [5, 5.41) is 0. The molecule has 1 unspecified atom stereocenters. The van der Waals surface area contributed by atoms with Crippen molar-refractivity contribution in [3.63, 3.8) is 0 Å². The SMILES string of the molecule is Cc1ccc(C)c(C(CN)c2ncc(Br)[nH]2)c1. The molecule has 0 fully saturated rings. The van der Waals surface area contributed by atoms with Crippen LogP contribution in [0.5, 0.6) is 0 Å². The molecule has 3 N–H and O–H groups in total. The number of aryl methyl sites for hydroxylation is 2. The topological polar surface area (TPSA) is 54.7 Å². The fourth-order valence-corrected chi connectivity index (χ4v) is 2.32. The number of nitrogens with two attached hydrogens (primary N) is 1. The Hall–Kier alpha value is -1.13. The Kier molecular flexibility index (Phi) is 3.64. The van der Waals surface area contributed by atoms with Gasteiger partial charge in [0, 0.05) is 6.54 Å². The molecule has 17 heavy (non-hydrogen) atoms. The molecule has 1 aromatic heterocycles. The Morgan fingerprint density at radius 1 is 1.41 bits per heavy atom. The number of imidazole rings is 1.